The average Bonchev–Trinajstić information content (AvgIpc) is 2.97. The Bertz CT molecular complexity index is 959. The number of azide groups is 1. The molecule has 1 fully saturated rings. The van der Waals surface area contributed by atoms with Crippen molar-refractivity contribution in [1.82, 2.24) is 0 Å². The number of rotatable bonds is 6. The van der Waals surface area contributed by atoms with Gasteiger partial charge in [0.25, 0.3) is 0 Å². The van der Waals surface area contributed by atoms with Crippen LogP contribution in [0.25, 0.3) is 10.4 Å². The van der Waals surface area contributed by atoms with Crippen molar-refractivity contribution in [2.24, 2.45) is 5.11 Å². The second-order valence-corrected chi connectivity index (χ2v) is 6.44. The molecule has 0 amide bonds. The summed E-state index contributed by atoms with van der Waals surface area (Å²) in [5.41, 5.74) is 7.63. The first-order chi connectivity index (χ1) is 14.0. The molecule has 3 atom stereocenters. The van der Waals surface area contributed by atoms with Crippen LogP contribution in [0.4, 0.5) is 0 Å². The third kappa shape index (κ3) is 4.20. The van der Waals surface area contributed by atoms with Crippen molar-refractivity contribution in [3.63, 3.8) is 0 Å². The molecule has 2 aromatic rings. The lowest BCUT2D eigenvalue weighted by atomic mass is 9.95. The predicted molar refractivity (Wildman–Crippen MR) is 99.8 cm³/mol. The van der Waals surface area contributed by atoms with Gasteiger partial charge >= 0.3 is 17.9 Å². The lowest BCUT2D eigenvalue weighted by molar-refractivity contribution is -0.146. The van der Waals surface area contributed by atoms with Crippen LogP contribution in [0.5, 0.6) is 0 Å². The smallest absolute Gasteiger partial charge is 0.338 e. The highest BCUT2D eigenvalue weighted by atomic mass is 16.6. The van der Waals surface area contributed by atoms with Crippen LogP contribution in [-0.2, 0) is 19.0 Å². The van der Waals surface area contributed by atoms with E-state index in [4.69, 9.17) is 19.7 Å². The Balaban J connectivity index is 1.79. The van der Waals surface area contributed by atoms with E-state index in [1.165, 1.54) is 19.1 Å². The van der Waals surface area contributed by atoms with Crippen molar-refractivity contribution in [2.45, 2.75) is 24.7 Å². The Kier molecular flexibility index (Phi) is 5.80. The van der Waals surface area contributed by atoms with Gasteiger partial charge in [-0.2, -0.15) is 0 Å². The van der Waals surface area contributed by atoms with E-state index in [1.807, 2.05) is 0 Å². The van der Waals surface area contributed by atoms with Crippen LogP contribution in [0.2, 0.25) is 0 Å². The zero-order valence-electron chi connectivity index (χ0n) is 15.4. The van der Waals surface area contributed by atoms with Gasteiger partial charge in [-0.05, 0) is 36.7 Å². The summed E-state index contributed by atoms with van der Waals surface area (Å²) in [5.74, 6) is -2.23. The van der Waals surface area contributed by atoms with Gasteiger partial charge in [-0.25, -0.2) is 9.59 Å². The molecular formula is C20H17N3O6. The number of carbonyl (C=O) groups is 3. The molecule has 0 aliphatic carbocycles. The summed E-state index contributed by atoms with van der Waals surface area (Å²) < 4.78 is 15.9. The lowest BCUT2D eigenvalue weighted by Crippen LogP contribution is -2.45. The van der Waals surface area contributed by atoms with Crippen LogP contribution >= 0.6 is 0 Å². The monoisotopic (exact) mass is 395 g/mol. The van der Waals surface area contributed by atoms with Gasteiger partial charge in [0.1, 0.15) is 6.61 Å². The highest BCUT2D eigenvalue weighted by Crippen LogP contribution is 2.33. The highest BCUT2D eigenvalue weighted by molar-refractivity contribution is 5.91. The molecule has 29 heavy (non-hydrogen) atoms. The third-order valence-electron chi connectivity index (χ3n) is 4.45. The first kappa shape index (κ1) is 19.9. The van der Waals surface area contributed by atoms with Crippen molar-refractivity contribution in [3.05, 3.63) is 82.2 Å². The molecule has 9 nitrogen and oxygen atoms in total. The van der Waals surface area contributed by atoms with Crippen LogP contribution in [-0.4, -0.2) is 42.3 Å². The van der Waals surface area contributed by atoms with Crippen molar-refractivity contribution < 1.29 is 28.6 Å². The molecule has 1 aliphatic heterocycles. The van der Waals surface area contributed by atoms with E-state index in [0.29, 0.717) is 5.56 Å². The standard InChI is InChI=1S/C20H17N3O6/c1-20(22-23-21)16(29-18(25)14-10-6-3-7-11-14)15(28-19(20)26)12-27-17(24)13-8-4-2-5-9-13/h2-11,15-16H,12H2,1H3/t15?,16-,20-/m1/s1. The molecule has 1 aliphatic rings. The van der Waals surface area contributed by atoms with E-state index in [1.54, 1.807) is 48.5 Å². The molecule has 1 unspecified atom stereocenters. The topological polar surface area (TPSA) is 128 Å². The van der Waals surface area contributed by atoms with E-state index in [2.05, 4.69) is 10.0 Å². The molecule has 0 bridgehead atoms. The number of cyclic esters (lactones) is 1. The van der Waals surface area contributed by atoms with E-state index in [0.717, 1.165) is 0 Å². The maximum absolute atomic E-state index is 12.5. The zero-order valence-corrected chi connectivity index (χ0v) is 15.4. The summed E-state index contributed by atoms with van der Waals surface area (Å²) in [6.45, 7) is 0.930. The van der Waals surface area contributed by atoms with E-state index >= 15 is 0 Å². The van der Waals surface area contributed by atoms with Crippen LogP contribution in [0.3, 0.4) is 0 Å². The third-order valence-corrected chi connectivity index (χ3v) is 4.45. The Morgan fingerprint density at radius 2 is 1.62 bits per heavy atom. The lowest BCUT2D eigenvalue weighted by Gasteiger charge is -2.24. The van der Waals surface area contributed by atoms with Gasteiger partial charge in [0.2, 0.25) is 0 Å². The molecule has 9 heteroatoms. The molecule has 0 radical (unpaired) electrons. The Morgan fingerprint density at radius 1 is 1.07 bits per heavy atom. The molecule has 3 rings (SSSR count). The van der Waals surface area contributed by atoms with Gasteiger partial charge < -0.3 is 14.2 Å². The summed E-state index contributed by atoms with van der Waals surface area (Å²) in [5, 5.41) is 3.49. The van der Waals surface area contributed by atoms with Crippen LogP contribution in [0.1, 0.15) is 27.6 Å². The minimum atomic E-state index is -1.79. The summed E-state index contributed by atoms with van der Waals surface area (Å²) in [6, 6.07) is 16.3. The number of hydrogen-bond donors (Lipinski definition) is 0. The molecule has 0 saturated carbocycles. The average molecular weight is 395 g/mol. The second-order valence-electron chi connectivity index (χ2n) is 6.44. The molecule has 0 N–H and O–H groups in total. The fraction of sp³-hybridized carbons (Fsp3) is 0.250. The molecule has 0 aromatic heterocycles. The van der Waals surface area contributed by atoms with Gasteiger partial charge in [0.05, 0.1) is 11.1 Å². The van der Waals surface area contributed by atoms with Gasteiger partial charge in [0, 0.05) is 4.91 Å². The van der Waals surface area contributed by atoms with Gasteiger partial charge in [0.15, 0.2) is 17.7 Å². The number of nitrogens with zero attached hydrogens (tertiary/aromatic N) is 3. The quantitative estimate of drug-likeness (QED) is 0.243. The highest BCUT2D eigenvalue weighted by Gasteiger charge is 2.57. The fourth-order valence-corrected chi connectivity index (χ4v) is 2.87. The minimum absolute atomic E-state index is 0.246. The van der Waals surface area contributed by atoms with Crippen molar-refractivity contribution in [1.29, 1.82) is 0 Å². The summed E-state index contributed by atoms with van der Waals surface area (Å²) in [6.07, 6.45) is -2.40. The number of ether oxygens (including phenoxy) is 3. The SMILES string of the molecule is C[C@]1(N=[N+]=[N-])C(=O)OC(COC(=O)c2ccccc2)[C@H]1OC(=O)c1ccccc1. The van der Waals surface area contributed by atoms with Gasteiger partial charge in [-0.15, -0.1) is 0 Å². The maximum atomic E-state index is 12.5. The zero-order chi connectivity index (χ0) is 20.9. The molecule has 0 spiro atoms. The summed E-state index contributed by atoms with van der Waals surface area (Å²) in [7, 11) is 0. The fourth-order valence-electron chi connectivity index (χ4n) is 2.87. The predicted octanol–water partition coefficient (Wildman–Crippen LogP) is 3.06. The number of benzene rings is 2. The number of hydrogen-bond acceptors (Lipinski definition) is 7. The minimum Gasteiger partial charge on any atom is -0.458 e. The molecular weight excluding hydrogens is 378 g/mol. The Labute approximate surface area is 165 Å². The van der Waals surface area contributed by atoms with Crippen molar-refractivity contribution in [3.8, 4) is 0 Å². The first-order valence-corrected chi connectivity index (χ1v) is 8.71. The largest absolute Gasteiger partial charge is 0.458 e. The van der Waals surface area contributed by atoms with E-state index < -0.39 is 35.7 Å². The Morgan fingerprint density at radius 3 is 2.17 bits per heavy atom. The van der Waals surface area contributed by atoms with Crippen LogP contribution in [0, 0.1) is 0 Å². The van der Waals surface area contributed by atoms with Gasteiger partial charge in [-0.1, -0.05) is 41.5 Å². The van der Waals surface area contributed by atoms with Gasteiger partial charge in [-0.3, -0.25) is 4.79 Å². The Hall–Kier alpha value is -3.84. The van der Waals surface area contributed by atoms with Crippen LogP contribution in [0.15, 0.2) is 65.8 Å². The molecule has 148 valence electrons. The second kappa shape index (κ2) is 8.45. The number of esters is 3. The number of carbonyl (C=O) groups excluding carboxylic acids is 3. The first-order valence-electron chi connectivity index (χ1n) is 8.71. The normalized spacial score (nSPS) is 22.9. The van der Waals surface area contributed by atoms with E-state index in [-0.39, 0.29) is 12.2 Å². The van der Waals surface area contributed by atoms with Crippen molar-refractivity contribution in [2.75, 3.05) is 6.61 Å². The van der Waals surface area contributed by atoms with E-state index in [9.17, 15) is 14.4 Å². The van der Waals surface area contributed by atoms with Crippen molar-refractivity contribution >= 4 is 17.9 Å². The molecule has 1 heterocycles. The van der Waals surface area contributed by atoms with Crippen LogP contribution < -0.4 is 0 Å². The summed E-state index contributed by atoms with van der Waals surface area (Å²) in [4.78, 5) is 39.6. The maximum Gasteiger partial charge on any atom is 0.338 e. The molecule has 2 aromatic carbocycles. The molecule has 1 saturated heterocycles. The summed E-state index contributed by atoms with van der Waals surface area (Å²) >= 11 is 0.